The summed E-state index contributed by atoms with van der Waals surface area (Å²) < 4.78 is 12.8. The van der Waals surface area contributed by atoms with Gasteiger partial charge in [-0.15, -0.1) is 12.4 Å². The third-order valence-corrected chi connectivity index (χ3v) is 2.41. The summed E-state index contributed by atoms with van der Waals surface area (Å²) in [6, 6.07) is 4.57. The molecule has 0 aliphatic carbocycles. The molecular formula is C11H17Cl2FN2. The molecule has 0 saturated carbocycles. The third kappa shape index (κ3) is 5.12. The average Bonchev–Trinajstić information content (AvgIpc) is 2.08. The molecule has 2 nitrogen and oxygen atoms in total. The van der Waals surface area contributed by atoms with E-state index in [-0.39, 0.29) is 24.3 Å². The zero-order valence-corrected chi connectivity index (χ0v) is 11.0. The van der Waals surface area contributed by atoms with Crippen LogP contribution in [0.2, 0.25) is 5.02 Å². The van der Waals surface area contributed by atoms with E-state index in [0.29, 0.717) is 11.6 Å². The van der Waals surface area contributed by atoms with Crippen molar-refractivity contribution in [3.05, 3.63) is 34.6 Å². The number of benzene rings is 1. The second-order valence-electron chi connectivity index (χ2n) is 3.91. The van der Waals surface area contributed by atoms with E-state index < -0.39 is 0 Å². The molecule has 0 heterocycles. The molecule has 92 valence electrons. The summed E-state index contributed by atoms with van der Waals surface area (Å²) in [6.45, 7) is 3.41. The second-order valence-corrected chi connectivity index (χ2v) is 4.32. The minimum Gasteiger partial charge on any atom is -0.327 e. The third-order valence-electron chi connectivity index (χ3n) is 2.06. The van der Waals surface area contributed by atoms with Crippen LogP contribution in [0.3, 0.4) is 0 Å². The zero-order chi connectivity index (χ0) is 11.4. The first-order valence-electron chi connectivity index (χ1n) is 4.87. The summed E-state index contributed by atoms with van der Waals surface area (Å²) in [7, 11) is 1.96. The van der Waals surface area contributed by atoms with Gasteiger partial charge in [0.2, 0.25) is 0 Å². The number of likely N-dealkylation sites (N-methyl/N-ethyl adjacent to an activating group) is 1. The van der Waals surface area contributed by atoms with E-state index in [9.17, 15) is 4.39 Å². The maximum atomic E-state index is 12.8. The fourth-order valence-corrected chi connectivity index (χ4v) is 1.72. The minimum atomic E-state index is -0.307. The van der Waals surface area contributed by atoms with Gasteiger partial charge in [-0.2, -0.15) is 0 Å². The van der Waals surface area contributed by atoms with Crippen molar-refractivity contribution in [2.75, 3.05) is 13.6 Å². The van der Waals surface area contributed by atoms with Crippen molar-refractivity contribution in [1.82, 2.24) is 4.90 Å². The van der Waals surface area contributed by atoms with E-state index in [4.69, 9.17) is 17.3 Å². The topological polar surface area (TPSA) is 29.3 Å². The molecule has 1 rings (SSSR count). The van der Waals surface area contributed by atoms with Crippen LogP contribution in [0.15, 0.2) is 18.2 Å². The molecule has 0 saturated heterocycles. The van der Waals surface area contributed by atoms with Crippen molar-refractivity contribution in [2.24, 2.45) is 5.73 Å². The normalized spacial score (nSPS) is 12.4. The van der Waals surface area contributed by atoms with E-state index in [0.717, 1.165) is 12.1 Å². The monoisotopic (exact) mass is 266 g/mol. The first kappa shape index (κ1) is 15.7. The molecule has 0 bridgehead atoms. The maximum absolute atomic E-state index is 12.8. The SMILES string of the molecule is CC(N)CN(C)Cc1ccc(F)cc1Cl.Cl. The van der Waals surface area contributed by atoms with Gasteiger partial charge in [0.15, 0.2) is 0 Å². The highest BCUT2D eigenvalue weighted by Crippen LogP contribution is 2.18. The van der Waals surface area contributed by atoms with Crippen molar-refractivity contribution in [3.63, 3.8) is 0 Å². The summed E-state index contributed by atoms with van der Waals surface area (Å²) in [6.07, 6.45) is 0. The summed E-state index contributed by atoms with van der Waals surface area (Å²) in [5.74, 6) is -0.307. The van der Waals surface area contributed by atoms with Gasteiger partial charge in [0, 0.05) is 24.2 Å². The predicted octanol–water partition coefficient (Wildman–Crippen LogP) is 2.68. The molecule has 1 aromatic carbocycles. The molecule has 0 aliphatic heterocycles. The highest BCUT2D eigenvalue weighted by molar-refractivity contribution is 6.31. The fraction of sp³-hybridized carbons (Fsp3) is 0.455. The van der Waals surface area contributed by atoms with Crippen molar-refractivity contribution < 1.29 is 4.39 Å². The Bertz CT molecular complexity index is 332. The Labute approximate surface area is 107 Å². The number of rotatable bonds is 4. The standard InChI is InChI=1S/C11H16ClFN2.ClH/c1-8(14)6-15(2)7-9-3-4-10(13)5-11(9)12;/h3-5,8H,6-7,14H2,1-2H3;1H. The van der Waals surface area contributed by atoms with Crippen molar-refractivity contribution in [1.29, 1.82) is 0 Å². The maximum Gasteiger partial charge on any atom is 0.124 e. The van der Waals surface area contributed by atoms with Crippen LogP contribution in [0.25, 0.3) is 0 Å². The molecule has 0 aromatic heterocycles. The van der Waals surface area contributed by atoms with Crippen molar-refractivity contribution in [2.45, 2.75) is 19.5 Å². The average molecular weight is 267 g/mol. The molecule has 0 spiro atoms. The molecule has 5 heteroatoms. The molecule has 1 unspecified atom stereocenters. The molecule has 16 heavy (non-hydrogen) atoms. The Balaban J connectivity index is 0.00000225. The number of hydrogen-bond donors (Lipinski definition) is 1. The Kier molecular flexibility index (Phi) is 6.91. The Morgan fingerprint density at radius 3 is 2.62 bits per heavy atom. The number of nitrogens with two attached hydrogens (primary N) is 1. The minimum absolute atomic E-state index is 0. The van der Waals surface area contributed by atoms with Crippen LogP contribution in [0.5, 0.6) is 0 Å². The number of nitrogens with zero attached hydrogens (tertiary/aromatic N) is 1. The van der Waals surface area contributed by atoms with Crippen LogP contribution in [0.1, 0.15) is 12.5 Å². The molecule has 2 N–H and O–H groups in total. The van der Waals surface area contributed by atoms with E-state index in [1.165, 1.54) is 12.1 Å². The highest BCUT2D eigenvalue weighted by Gasteiger charge is 2.06. The summed E-state index contributed by atoms with van der Waals surface area (Å²) >= 11 is 5.91. The summed E-state index contributed by atoms with van der Waals surface area (Å²) in [5.41, 5.74) is 6.59. The van der Waals surface area contributed by atoms with Gasteiger partial charge < -0.3 is 10.6 Å². The molecular weight excluding hydrogens is 250 g/mol. The first-order chi connectivity index (χ1) is 6.99. The lowest BCUT2D eigenvalue weighted by Crippen LogP contribution is -2.32. The van der Waals surface area contributed by atoms with Crippen LogP contribution in [0.4, 0.5) is 4.39 Å². The first-order valence-corrected chi connectivity index (χ1v) is 5.25. The number of halogens is 3. The highest BCUT2D eigenvalue weighted by atomic mass is 35.5. The van der Waals surface area contributed by atoms with Gasteiger partial charge in [-0.05, 0) is 31.7 Å². The Hall–Kier alpha value is -0.350. The van der Waals surface area contributed by atoms with Crippen molar-refractivity contribution in [3.8, 4) is 0 Å². The Morgan fingerprint density at radius 2 is 2.12 bits per heavy atom. The molecule has 0 radical (unpaired) electrons. The van der Waals surface area contributed by atoms with Crippen LogP contribution in [-0.4, -0.2) is 24.5 Å². The van der Waals surface area contributed by atoms with Gasteiger partial charge in [0.1, 0.15) is 5.82 Å². The number of hydrogen-bond acceptors (Lipinski definition) is 2. The van der Waals surface area contributed by atoms with Crippen molar-refractivity contribution >= 4 is 24.0 Å². The molecule has 1 atom stereocenters. The second kappa shape index (κ2) is 7.07. The van der Waals surface area contributed by atoms with Crippen LogP contribution < -0.4 is 5.73 Å². The van der Waals surface area contributed by atoms with Crippen LogP contribution in [-0.2, 0) is 6.54 Å². The fourth-order valence-electron chi connectivity index (χ4n) is 1.50. The smallest absolute Gasteiger partial charge is 0.124 e. The van der Waals surface area contributed by atoms with Gasteiger partial charge >= 0.3 is 0 Å². The largest absolute Gasteiger partial charge is 0.327 e. The van der Waals surface area contributed by atoms with Gasteiger partial charge in [-0.1, -0.05) is 17.7 Å². The van der Waals surface area contributed by atoms with Gasteiger partial charge in [0.05, 0.1) is 0 Å². The van der Waals surface area contributed by atoms with Gasteiger partial charge in [0.25, 0.3) is 0 Å². The lowest BCUT2D eigenvalue weighted by molar-refractivity contribution is 0.310. The molecule has 0 fully saturated rings. The van der Waals surface area contributed by atoms with E-state index >= 15 is 0 Å². The zero-order valence-electron chi connectivity index (χ0n) is 9.41. The molecule has 1 aromatic rings. The summed E-state index contributed by atoms with van der Waals surface area (Å²) in [4.78, 5) is 2.06. The van der Waals surface area contributed by atoms with Crippen LogP contribution in [0, 0.1) is 5.82 Å². The van der Waals surface area contributed by atoms with E-state index in [1.807, 2.05) is 14.0 Å². The molecule has 0 aliphatic rings. The van der Waals surface area contributed by atoms with Crippen LogP contribution >= 0.6 is 24.0 Å². The Morgan fingerprint density at radius 1 is 1.50 bits per heavy atom. The van der Waals surface area contributed by atoms with Gasteiger partial charge in [-0.25, -0.2) is 4.39 Å². The summed E-state index contributed by atoms with van der Waals surface area (Å²) in [5, 5.41) is 0.464. The molecule has 0 amide bonds. The lowest BCUT2D eigenvalue weighted by Gasteiger charge is -2.19. The lowest BCUT2D eigenvalue weighted by atomic mass is 10.2. The van der Waals surface area contributed by atoms with E-state index in [2.05, 4.69) is 4.90 Å². The van der Waals surface area contributed by atoms with E-state index in [1.54, 1.807) is 6.07 Å². The predicted molar refractivity (Wildman–Crippen MR) is 68.6 cm³/mol. The quantitative estimate of drug-likeness (QED) is 0.908. The van der Waals surface area contributed by atoms with Gasteiger partial charge in [-0.3, -0.25) is 0 Å².